The zero-order valence-electron chi connectivity index (χ0n) is 15.2. The molecule has 28 heavy (non-hydrogen) atoms. The highest BCUT2D eigenvalue weighted by Crippen LogP contribution is 2.20. The zero-order chi connectivity index (χ0) is 20.3. The van der Waals surface area contributed by atoms with Crippen LogP contribution in [-0.4, -0.2) is 31.4 Å². The maximum absolute atomic E-state index is 13.0. The molecule has 0 fully saturated rings. The molecule has 3 rings (SSSR count). The van der Waals surface area contributed by atoms with Crippen LogP contribution in [0.15, 0.2) is 42.6 Å². The summed E-state index contributed by atoms with van der Waals surface area (Å²) in [6, 6.07) is 9.24. The van der Waals surface area contributed by atoms with Crippen LogP contribution < -0.4 is 10.6 Å². The van der Waals surface area contributed by atoms with Crippen molar-refractivity contribution < 1.29 is 18.4 Å². The lowest BCUT2D eigenvalue weighted by Crippen LogP contribution is -2.21. The first kappa shape index (κ1) is 19.2. The summed E-state index contributed by atoms with van der Waals surface area (Å²) in [5.41, 5.74) is 1.38. The lowest BCUT2D eigenvalue weighted by Gasteiger charge is -2.09. The van der Waals surface area contributed by atoms with E-state index in [0.29, 0.717) is 17.1 Å². The molecule has 1 aromatic carbocycles. The number of nitrogens with one attached hydrogen (secondary N) is 2. The fourth-order valence-electron chi connectivity index (χ4n) is 2.57. The first-order valence-corrected chi connectivity index (χ1v) is 8.35. The van der Waals surface area contributed by atoms with Gasteiger partial charge in [0.05, 0.1) is 5.69 Å². The second kappa shape index (κ2) is 7.99. The molecule has 0 saturated carbocycles. The normalized spacial score (nSPS) is 10.9. The van der Waals surface area contributed by atoms with Crippen LogP contribution in [-0.2, 0) is 18.4 Å². The van der Waals surface area contributed by atoms with Crippen molar-refractivity contribution in [1.82, 2.24) is 19.6 Å². The molecule has 2 aromatic heterocycles. The van der Waals surface area contributed by atoms with Gasteiger partial charge in [-0.15, -0.1) is 0 Å². The number of aryl methyl sites for hydroxylation is 2. The Labute approximate surface area is 159 Å². The van der Waals surface area contributed by atoms with Gasteiger partial charge in [-0.3, -0.25) is 19.0 Å². The van der Waals surface area contributed by atoms with Gasteiger partial charge in [-0.1, -0.05) is 0 Å². The average Bonchev–Trinajstić information content (AvgIpc) is 3.22. The van der Waals surface area contributed by atoms with Crippen LogP contribution in [0.5, 0.6) is 0 Å². The van der Waals surface area contributed by atoms with Gasteiger partial charge in [0.1, 0.15) is 12.2 Å². The van der Waals surface area contributed by atoms with Crippen molar-refractivity contribution in [1.29, 1.82) is 0 Å². The second-order valence-electron chi connectivity index (χ2n) is 6.12. The van der Waals surface area contributed by atoms with Crippen LogP contribution in [0.4, 0.5) is 20.2 Å². The summed E-state index contributed by atoms with van der Waals surface area (Å²) in [6.45, 7) is 1.25. The lowest BCUT2D eigenvalue weighted by molar-refractivity contribution is -0.117. The Bertz CT molecular complexity index is 994. The largest absolute Gasteiger partial charge is 0.324 e. The summed E-state index contributed by atoms with van der Waals surface area (Å²) in [4.78, 5) is 24.2. The topological polar surface area (TPSA) is 93.8 Å². The zero-order valence-corrected chi connectivity index (χ0v) is 15.2. The van der Waals surface area contributed by atoms with Gasteiger partial charge in [-0.25, -0.2) is 8.78 Å². The van der Waals surface area contributed by atoms with E-state index >= 15 is 0 Å². The maximum Gasteiger partial charge on any atom is 0.280 e. The van der Waals surface area contributed by atoms with E-state index in [-0.39, 0.29) is 23.8 Å². The maximum atomic E-state index is 13.0. The monoisotopic (exact) mass is 388 g/mol. The predicted molar refractivity (Wildman–Crippen MR) is 98.2 cm³/mol. The van der Waals surface area contributed by atoms with Crippen LogP contribution in [0.2, 0.25) is 0 Å². The van der Waals surface area contributed by atoms with Gasteiger partial charge in [0.15, 0.2) is 5.69 Å². The summed E-state index contributed by atoms with van der Waals surface area (Å²) in [7, 11) is 1.71. The number of halogens is 2. The van der Waals surface area contributed by atoms with Crippen molar-refractivity contribution in [3.63, 3.8) is 0 Å². The molecule has 0 aliphatic rings. The molecule has 8 nitrogen and oxygen atoms in total. The predicted octanol–water partition coefficient (Wildman–Crippen LogP) is 2.75. The SMILES string of the molecule is Cc1cc(C(F)F)n(CC(=O)Nc2ccc(NC(=O)c3ccn(C)n3)cc2)n1. The van der Waals surface area contributed by atoms with Crippen molar-refractivity contribution in [2.45, 2.75) is 19.9 Å². The van der Waals surface area contributed by atoms with Gasteiger partial charge < -0.3 is 10.6 Å². The number of alkyl halides is 2. The van der Waals surface area contributed by atoms with E-state index in [4.69, 9.17) is 0 Å². The third kappa shape index (κ3) is 4.58. The minimum absolute atomic E-state index is 0.282. The van der Waals surface area contributed by atoms with Crippen LogP contribution in [0.3, 0.4) is 0 Å². The van der Waals surface area contributed by atoms with Gasteiger partial charge in [-0.05, 0) is 43.3 Å². The molecule has 0 radical (unpaired) electrons. The number of carbonyl (C=O) groups is 2. The highest BCUT2D eigenvalue weighted by molar-refractivity contribution is 6.03. The number of rotatable bonds is 6. The number of anilines is 2. The fourth-order valence-corrected chi connectivity index (χ4v) is 2.57. The number of carbonyl (C=O) groups excluding carboxylic acids is 2. The molecule has 0 saturated heterocycles. The Morgan fingerprint density at radius 1 is 1.07 bits per heavy atom. The summed E-state index contributed by atoms with van der Waals surface area (Å²) in [6.07, 6.45) is -1.05. The highest BCUT2D eigenvalue weighted by atomic mass is 19.3. The van der Waals surface area contributed by atoms with E-state index in [0.717, 1.165) is 4.68 Å². The minimum atomic E-state index is -2.71. The van der Waals surface area contributed by atoms with Gasteiger partial charge >= 0.3 is 0 Å². The number of benzene rings is 1. The van der Waals surface area contributed by atoms with Crippen molar-refractivity contribution in [3.05, 3.63) is 59.7 Å². The van der Waals surface area contributed by atoms with Gasteiger partial charge in [0, 0.05) is 24.6 Å². The van der Waals surface area contributed by atoms with Crippen LogP contribution >= 0.6 is 0 Å². The third-order valence-corrected chi connectivity index (χ3v) is 3.82. The van der Waals surface area contributed by atoms with Crippen LogP contribution in [0.1, 0.15) is 28.3 Å². The molecule has 2 N–H and O–H groups in total. The first-order chi connectivity index (χ1) is 13.3. The molecule has 2 amide bonds. The molecule has 0 aliphatic heterocycles. The number of hydrogen-bond acceptors (Lipinski definition) is 4. The molecule has 0 aliphatic carbocycles. The first-order valence-electron chi connectivity index (χ1n) is 8.35. The molecule has 0 bridgehead atoms. The van der Waals surface area contributed by atoms with Gasteiger partial charge in [-0.2, -0.15) is 10.2 Å². The van der Waals surface area contributed by atoms with E-state index in [1.807, 2.05) is 0 Å². The molecule has 146 valence electrons. The van der Waals surface area contributed by atoms with Crippen molar-refractivity contribution >= 4 is 23.2 Å². The van der Waals surface area contributed by atoms with Crippen molar-refractivity contribution in [2.75, 3.05) is 10.6 Å². The molecule has 0 atom stereocenters. The van der Waals surface area contributed by atoms with Crippen LogP contribution in [0.25, 0.3) is 0 Å². The van der Waals surface area contributed by atoms with E-state index in [2.05, 4.69) is 20.8 Å². The molecule has 3 aromatic rings. The number of nitrogens with zero attached hydrogens (tertiary/aromatic N) is 4. The summed E-state index contributed by atoms with van der Waals surface area (Å²) >= 11 is 0. The van der Waals surface area contributed by atoms with E-state index < -0.39 is 12.3 Å². The van der Waals surface area contributed by atoms with Gasteiger partial charge in [0.2, 0.25) is 5.91 Å². The van der Waals surface area contributed by atoms with Crippen LogP contribution in [0, 0.1) is 6.92 Å². The molecule has 2 heterocycles. The minimum Gasteiger partial charge on any atom is -0.324 e. The molecular formula is C18H18F2N6O2. The number of amides is 2. The Hall–Kier alpha value is -3.56. The molecular weight excluding hydrogens is 370 g/mol. The standard InChI is InChI=1S/C18H18F2N6O2/c1-11-9-15(17(19)20)26(23-11)10-16(27)21-12-3-5-13(6-4-12)22-18(28)14-7-8-25(2)24-14/h3-9,17H,10H2,1-2H3,(H,21,27)(H,22,28). The number of aromatic nitrogens is 4. The average molecular weight is 388 g/mol. The Balaban J connectivity index is 1.59. The van der Waals surface area contributed by atoms with E-state index in [1.165, 1.54) is 10.7 Å². The van der Waals surface area contributed by atoms with E-state index in [9.17, 15) is 18.4 Å². The Morgan fingerprint density at radius 2 is 1.71 bits per heavy atom. The van der Waals surface area contributed by atoms with Crippen molar-refractivity contribution in [3.8, 4) is 0 Å². The summed E-state index contributed by atoms with van der Waals surface area (Å²) < 4.78 is 28.4. The highest BCUT2D eigenvalue weighted by Gasteiger charge is 2.17. The summed E-state index contributed by atoms with van der Waals surface area (Å²) in [5.74, 6) is -0.846. The lowest BCUT2D eigenvalue weighted by atomic mass is 10.2. The van der Waals surface area contributed by atoms with E-state index in [1.54, 1.807) is 50.5 Å². The van der Waals surface area contributed by atoms with Crippen molar-refractivity contribution in [2.24, 2.45) is 7.05 Å². The molecule has 10 heteroatoms. The molecule has 0 spiro atoms. The third-order valence-electron chi connectivity index (χ3n) is 3.82. The quantitative estimate of drug-likeness (QED) is 0.679. The second-order valence-corrected chi connectivity index (χ2v) is 6.12. The smallest absolute Gasteiger partial charge is 0.280 e. The summed E-state index contributed by atoms with van der Waals surface area (Å²) in [5, 5.41) is 13.2. The Morgan fingerprint density at radius 3 is 2.29 bits per heavy atom. The fraction of sp³-hybridized carbons (Fsp3) is 0.222. The Kier molecular flexibility index (Phi) is 5.48. The number of hydrogen-bond donors (Lipinski definition) is 2. The van der Waals surface area contributed by atoms with Gasteiger partial charge in [0.25, 0.3) is 12.3 Å². The molecule has 0 unspecified atom stereocenters.